The zero-order chi connectivity index (χ0) is 29.2. The Morgan fingerprint density at radius 2 is 1.88 bits per heavy atom. The fourth-order valence-electron chi connectivity index (χ4n) is 5.77. The van der Waals surface area contributed by atoms with Crippen LogP contribution < -0.4 is 15.5 Å². The van der Waals surface area contributed by atoms with E-state index in [1.54, 1.807) is 46.2 Å². The summed E-state index contributed by atoms with van der Waals surface area (Å²) in [7, 11) is 1.50. The monoisotopic (exact) mass is 573 g/mol. The highest BCUT2D eigenvalue weighted by Gasteiger charge is 2.25. The number of hydrogen-bond donors (Lipinski definition) is 3. The summed E-state index contributed by atoms with van der Waals surface area (Å²) in [6.45, 7) is 4.44. The molecule has 2 aromatic carbocycles. The second-order valence-electron chi connectivity index (χ2n) is 10.6. The molecular formula is C31H33F2N7O2. The predicted octanol–water partition coefficient (Wildman–Crippen LogP) is 3.78. The maximum absolute atomic E-state index is 16.2. The second-order valence-corrected chi connectivity index (χ2v) is 10.6. The van der Waals surface area contributed by atoms with E-state index in [4.69, 9.17) is 0 Å². The molecule has 0 spiro atoms. The van der Waals surface area contributed by atoms with Gasteiger partial charge in [0.25, 0.3) is 5.91 Å². The van der Waals surface area contributed by atoms with E-state index >= 15 is 8.78 Å². The van der Waals surface area contributed by atoms with Gasteiger partial charge >= 0.3 is 0 Å². The number of piperazine rings is 1. The van der Waals surface area contributed by atoms with Gasteiger partial charge in [0.15, 0.2) is 5.82 Å². The number of nitrogens with one attached hydrogen (secondary N) is 3. The molecule has 2 amide bonds. The van der Waals surface area contributed by atoms with Gasteiger partial charge in [-0.05, 0) is 54.0 Å². The summed E-state index contributed by atoms with van der Waals surface area (Å²) in [5, 5.41) is 10.4. The number of fused-ring (bicyclic) bond motifs is 1. The molecule has 42 heavy (non-hydrogen) atoms. The number of hydrogen-bond acceptors (Lipinski definition) is 5. The van der Waals surface area contributed by atoms with E-state index in [0.717, 1.165) is 31.9 Å². The summed E-state index contributed by atoms with van der Waals surface area (Å²) in [5.74, 6) is -1.42. The molecule has 4 heterocycles. The first-order valence-corrected chi connectivity index (χ1v) is 14.2. The van der Waals surface area contributed by atoms with Crippen LogP contribution in [0.1, 0.15) is 28.9 Å². The Balaban J connectivity index is 1.37. The quantitative estimate of drug-likeness (QED) is 0.313. The van der Waals surface area contributed by atoms with E-state index in [0.29, 0.717) is 41.6 Å². The van der Waals surface area contributed by atoms with Gasteiger partial charge in [0.1, 0.15) is 11.5 Å². The van der Waals surface area contributed by atoms with Crippen molar-refractivity contribution in [3.63, 3.8) is 0 Å². The first kappa shape index (κ1) is 27.6. The Morgan fingerprint density at radius 1 is 1.05 bits per heavy atom. The van der Waals surface area contributed by atoms with E-state index in [9.17, 15) is 9.59 Å². The molecule has 3 N–H and O–H groups in total. The molecule has 0 aliphatic carbocycles. The van der Waals surface area contributed by atoms with Gasteiger partial charge in [-0.25, -0.2) is 8.78 Å². The number of nitrogens with zero attached hydrogens (tertiary/aromatic N) is 4. The third-order valence-corrected chi connectivity index (χ3v) is 8.01. The number of H-pyrrole nitrogens is 1. The molecule has 0 atom stereocenters. The number of aromatic nitrogens is 3. The summed E-state index contributed by atoms with van der Waals surface area (Å²) in [5.41, 5.74) is 2.79. The van der Waals surface area contributed by atoms with Crippen LogP contribution in [0.4, 0.5) is 14.5 Å². The van der Waals surface area contributed by atoms with E-state index in [1.807, 2.05) is 12.1 Å². The van der Waals surface area contributed by atoms with Crippen molar-refractivity contribution in [2.24, 2.45) is 0 Å². The predicted molar refractivity (Wildman–Crippen MR) is 158 cm³/mol. The summed E-state index contributed by atoms with van der Waals surface area (Å²) < 4.78 is 33.7. The molecule has 4 aromatic rings. The SMILES string of the molecule is CNC(=O)c1cc2c(-c3ccc(N4CCNCC4)cc3F)cc(C3=CCCN(C(=O)CCn4cccn4)C3)c(F)c2[nH]1. The Bertz CT molecular complexity index is 1660. The van der Waals surface area contributed by atoms with Gasteiger partial charge in [-0.1, -0.05) is 6.08 Å². The first-order valence-electron chi connectivity index (χ1n) is 14.2. The van der Waals surface area contributed by atoms with Gasteiger partial charge in [-0.15, -0.1) is 0 Å². The largest absolute Gasteiger partial charge is 0.369 e. The van der Waals surface area contributed by atoms with Crippen LogP contribution in [0.5, 0.6) is 0 Å². The number of aromatic amines is 1. The summed E-state index contributed by atoms with van der Waals surface area (Å²) in [4.78, 5) is 32.3. The lowest BCUT2D eigenvalue weighted by Gasteiger charge is -2.29. The highest BCUT2D eigenvalue weighted by Crippen LogP contribution is 2.38. The van der Waals surface area contributed by atoms with Gasteiger partial charge in [0, 0.05) is 93.9 Å². The summed E-state index contributed by atoms with van der Waals surface area (Å²) in [6.07, 6.45) is 6.24. The van der Waals surface area contributed by atoms with Crippen molar-refractivity contribution in [2.75, 3.05) is 51.2 Å². The highest BCUT2D eigenvalue weighted by atomic mass is 19.1. The first-order chi connectivity index (χ1) is 20.4. The minimum absolute atomic E-state index is 0.0471. The van der Waals surface area contributed by atoms with Gasteiger partial charge < -0.3 is 25.4 Å². The molecule has 1 saturated heterocycles. The topological polar surface area (TPSA) is 98.3 Å². The number of rotatable bonds is 7. The van der Waals surface area contributed by atoms with Gasteiger partial charge in [-0.2, -0.15) is 5.10 Å². The van der Waals surface area contributed by atoms with Crippen LogP contribution in [-0.2, 0) is 11.3 Å². The third-order valence-electron chi connectivity index (χ3n) is 8.01. The maximum Gasteiger partial charge on any atom is 0.267 e. The van der Waals surface area contributed by atoms with Crippen LogP contribution in [0.2, 0.25) is 0 Å². The van der Waals surface area contributed by atoms with Gasteiger partial charge in [0.05, 0.1) is 5.52 Å². The fraction of sp³-hybridized carbons (Fsp3) is 0.323. The lowest BCUT2D eigenvalue weighted by atomic mass is 9.92. The highest BCUT2D eigenvalue weighted by molar-refractivity contribution is 6.04. The lowest BCUT2D eigenvalue weighted by Crippen LogP contribution is -2.43. The molecule has 6 rings (SSSR count). The fourth-order valence-corrected chi connectivity index (χ4v) is 5.77. The Labute approximate surface area is 242 Å². The molecule has 0 radical (unpaired) electrons. The number of carbonyl (C=O) groups is 2. The summed E-state index contributed by atoms with van der Waals surface area (Å²) >= 11 is 0. The molecule has 2 aliphatic heterocycles. The van der Waals surface area contributed by atoms with E-state index in [2.05, 4.69) is 25.6 Å². The number of aryl methyl sites for hydroxylation is 1. The minimum Gasteiger partial charge on any atom is -0.369 e. The van der Waals surface area contributed by atoms with E-state index in [1.165, 1.54) is 13.1 Å². The second kappa shape index (κ2) is 11.8. The van der Waals surface area contributed by atoms with Crippen LogP contribution in [0.15, 0.2) is 54.9 Å². The van der Waals surface area contributed by atoms with Crippen LogP contribution in [0.25, 0.3) is 27.6 Å². The van der Waals surface area contributed by atoms with Crippen molar-refractivity contribution in [2.45, 2.75) is 19.4 Å². The molecule has 0 bridgehead atoms. The number of amides is 2. The molecule has 0 saturated carbocycles. The Hall–Kier alpha value is -4.51. The van der Waals surface area contributed by atoms with E-state index in [-0.39, 0.29) is 35.6 Å². The molecule has 2 aromatic heterocycles. The van der Waals surface area contributed by atoms with Crippen molar-refractivity contribution in [3.8, 4) is 11.1 Å². The molecule has 2 aliphatic rings. The Kier molecular flexibility index (Phi) is 7.75. The minimum atomic E-state index is -0.543. The number of carbonyl (C=O) groups excluding carboxylic acids is 2. The molecule has 9 nitrogen and oxygen atoms in total. The maximum atomic E-state index is 16.2. The van der Waals surface area contributed by atoms with Crippen molar-refractivity contribution < 1.29 is 18.4 Å². The van der Waals surface area contributed by atoms with Crippen LogP contribution >= 0.6 is 0 Å². The van der Waals surface area contributed by atoms with Crippen LogP contribution in [0, 0.1) is 11.6 Å². The zero-order valence-corrected chi connectivity index (χ0v) is 23.4. The van der Waals surface area contributed by atoms with Crippen molar-refractivity contribution in [1.29, 1.82) is 0 Å². The number of halogens is 2. The van der Waals surface area contributed by atoms with Crippen molar-refractivity contribution in [1.82, 2.24) is 30.3 Å². The average molecular weight is 574 g/mol. The zero-order valence-electron chi connectivity index (χ0n) is 23.4. The van der Waals surface area contributed by atoms with Crippen molar-refractivity contribution >= 4 is 34.0 Å². The van der Waals surface area contributed by atoms with Crippen LogP contribution in [0.3, 0.4) is 0 Å². The standard InChI is InChI=1S/C31H33F2N7O2/c1-34-31(42)27-18-25-24(22-6-5-21(16-26(22)32)38-14-9-35-10-15-38)17-23(29(33)30(25)37-27)20-4-2-11-39(19-20)28(41)7-13-40-12-3-8-36-40/h3-6,8,12,16-18,35,37H,2,7,9-11,13-15,19H2,1H3,(H,34,42). The molecule has 1 fully saturated rings. The third kappa shape index (κ3) is 5.39. The normalized spacial score (nSPS) is 15.6. The van der Waals surface area contributed by atoms with Gasteiger partial charge in [-0.3, -0.25) is 14.3 Å². The lowest BCUT2D eigenvalue weighted by molar-refractivity contribution is -0.131. The molecular weight excluding hydrogens is 540 g/mol. The van der Waals surface area contributed by atoms with Crippen LogP contribution in [-0.4, -0.2) is 77.8 Å². The van der Waals surface area contributed by atoms with E-state index < -0.39 is 17.5 Å². The smallest absolute Gasteiger partial charge is 0.267 e. The Morgan fingerprint density at radius 3 is 2.62 bits per heavy atom. The molecule has 0 unspecified atom stereocenters. The van der Waals surface area contributed by atoms with Gasteiger partial charge in [0.2, 0.25) is 5.91 Å². The number of anilines is 1. The van der Waals surface area contributed by atoms with Crippen molar-refractivity contribution in [3.05, 3.63) is 77.8 Å². The average Bonchev–Trinajstić information content (AvgIpc) is 3.72. The molecule has 11 heteroatoms. The molecule has 218 valence electrons. The summed E-state index contributed by atoms with van der Waals surface area (Å²) in [6, 6.07) is 10.1. The number of benzene rings is 2.